The Balaban J connectivity index is 0.000000810. The molecule has 0 bridgehead atoms. The number of rotatable bonds is 1. The second-order valence-corrected chi connectivity index (χ2v) is 3.17. The van der Waals surface area contributed by atoms with E-state index in [0.717, 1.165) is 17.4 Å². The standard InChI is InChI=1S/C9H15.Li/c1-7(2)9-6-4-5-8(9)3;/h8-9H,1-2,4-6H2,3H3;/q-1;+1. The van der Waals surface area contributed by atoms with Gasteiger partial charge in [0.1, 0.15) is 0 Å². The Kier molecular flexibility index (Phi) is 4.25. The fraction of sp³-hybridized carbons (Fsp3) is 0.667. The number of allylic oxidation sites excluding steroid dienone is 1. The molecule has 52 valence electrons. The second-order valence-electron chi connectivity index (χ2n) is 3.17. The van der Waals surface area contributed by atoms with Gasteiger partial charge in [-0.3, -0.25) is 0 Å². The van der Waals surface area contributed by atoms with Crippen LogP contribution in [-0.4, -0.2) is 0 Å². The topological polar surface area (TPSA) is 0 Å². The molecule has 0 spiro atoms. The van der Waals surface area contributed by atoms with Crippen LogP contribution in [0.5, 0.6) is 0 Å². The minimum Gasteiger partial charge on any atom is -0.242 e. The van der Waals surface area contributed by atoms with E-state index in [0.29, 0.717) is 0 Å². The molecule has 0 aliphatic heterocycles. The zero-order valence-corrected chi connectivity index (χ0v) is 7.19. The van der Waals surface area contributed by atoms with Crippen molar-refractivity contribution in [2.45, 2.75) is 26.2 Å². The van der Waals surface area contributed by atoms with Crippen molar-refractivity contribution < 1.29 is 18.9 Å². The van der Waals surface area contributed by atoms with E-state index in [1.165, 1.54) is 19.3 Å². The van der Waals surface area contributed by atoms with Gasteiger partial charge >= 0.3 is 18.9 Å². The summed E-state index contributed by atoms with van der Waals surface area (Å²) < 4.78 is 0. The van der Waals surface area contributed by atoms with Crippen LogP contribution in [0.15, 0.2) is 12.2 Å². The van der Waals surface area contributed by atoms with Crippen molar-refractivity contribution in [3.8, 4) is 0 Å². The quantitative estimate of drug-likeness (QED) is 0.341. The predicted molar refractivity (Wildman–Crippen MR) is 41.0 cm³/mol. The molecule has 1 aliphatic rings. The minimum atomic E-state index is 0. The van der Waals surface area contributed by atoms with Crippen molar-refractivity contribution in [2.75, 3.05) is 0 Å². The van der Waals surface area contributed by atoms with Crippen LogP contribution in [0.3, 0.4) is 0 Å². The Morgan fingerprint density at radius 2 is 2.10 bits per heavy atom. The monoisotopic (exact) mass is 130 g/mol. The van der Waals surface area contributed by atoms with Crippen LogP contribution in [0, 0.1) is 18.8 Å². The third kappa shape index (κ3) is 2.11. The molecule has 2 atom stereocenters. The molecule has 0 N–H and O–H groups in total. The van der Waals surface area contributed by atoms with E-state index >= 15 is 0 Å². The van der Waals surface area contributed by atoms with Gasteiger partial charge in [0, 0.05) is 0 Å². The largest absolute Gasteiger partial charge is 1.00 e. The van der Waals surface area contributed by atoms with E-state index in [9.17, 15) is 0 Å². The summed E-state index contributed by atoms with van der Waals surface area (Å²) in [6.45, 7) is 10.1. The van der Waals surface area contributed by atoms with Crippen LogP contribution in [0.25, 0.3) is 0 Å². The first kappa shape index (κ1) is 10.2. The smallest absolute Gasteiger partial charge is 0.242 e. The van der Waals surface area contributed by atoms with Crippen molar-refractivity contribution in [2.24, 2.45) is 11.8 Å². The van der Waals surface area contributed by atoms with Gasteiger partial charge in [-0.2, -0.15) is 0 Å². The van der Waals surface area contributed by atoms with Crippen molar-refractivity contribution in [1.82, 2.24) is 0 Å². The number of hydrogen-bond donors (Lipinski definition) is 0. The minimum absolute atomic E-state index is 0. The van der Waals surface area contributed by atoms with Gasteiger partial charge in [0.05, 0.1) is 0 Å². The Labute approximate surface area is 76.3 Å². The fourth-order valence-electron chi connectivity index (χ4n) is 1.75. The second kappa shape index (κ2) is 4.16. The van der Waals surface area contributed by atoms with Crippen LogP contribution < -0.4 is 18.9 Å². The van der Waals surface area contributed by atoms with Crippen molar-refractivity contribution >= 4 is 0 Å². The third-order valence-electron chi connectivity index (χ3n) is 2.39. The molecule has 1 fully saturated rings. The van der Waals surface area contributed by atoms with Gasteiger partial charge in [-0.25, -0.2) is 19.1 Å². The molecule has 0 heterocycles. The SMILES string of the molecule is C=C([CH2-])C1CCCC1C.[Li+]. The molecule has 0 aromatic rings. The summed E-state index contributed by atoms with van der Waals surface area (Å²) in [4.78, 5) is 0. The molecule has 10 heavy (non-hydrogen) atoms. The summed E-state index contributed by atoms with van der Waals surface area (Å²) >= 11 is 0. The summed E-state index contributed by atoms with van der Waals surface area (Å²) in [5.74, 6) is 1.57. The zero-order valence-electron chi connectivity index (χ0n) is 7.19. The molecule has 1 aliphatic carbocycles. The first-order valence-corrected chi connectivity index (χ1v) is 3.72. The molecule has 0 aromatic carbocycles. The molecular formula is C9H15Li. The Hall–Kier alpha value is 0.207. The van der Waals surface area contributed by atoms with Gasteiger partial charge in [-0.15, -0.1) is 0 Å². The maximum absolute atomic E-state index is 3.88. The van der Waals surface area contributed by atoms with E-state index < -0.39 is 0 Å². The molecule has 2 unspecified atom stereocenters. The summed E-state index contributed by atoms with van der Waals surface area (Å²) in [7, 11) is 0. The molecule has 0 aromatic heterocycles. The summed E-state index contributed by atoms with van der Waals surface area (Å²) in [6, 6.07) is 0. The normalized spacial score (nSPS) is 31.3. The van der Waals surface area contributed by atoms with Gasteiger partial charge in [0.15, 0.2) is 0 Å². The maximum atomic E-state index is 3.88. The average molecular weight is 130 g/mol. The molecule has 0 nitrogen and oxygen atoms in total. The van der Waals surface area contributed by atoms with Gasteiger partial charge in [-0.1, -0.05) is 19.8 Å². The van der Waals surface area contributed by atoms with Crippen molar-refractivity contribution in [3.05, 3.63) is 19.1 Å². The summed E-state index contributed by atoms with van der Waals surface area (Å²) in [5.41, 5.74) is 1.14. The Morgan fingerprint density at radius 3 is 2.30 bits per heavy atom. The fourth-order valence-corrected chi connectivity index (χ4v) is 1.75. The first-order valence-electron chi connectivity index (χ1n) is 3.72. The molecule has 0 radical (unpaired) electrons. The van der Waals surface area contributed by atoms with Crippen LogP contribution >= 0.6 is 0 Å². The number of hydrogen-bond acceptors (Lipinski definition) is 0. The van der Waals surface area contributed by atoms with E-state index in [-0.39, 0.29) is 18.9 Å². The van der Waals surface area contributed by atoms with E-state index in [4.69, 9.17) is 0 Å². The van der Waals surface area contributed by atoms with Crippen LogP contribution in [0.4, 0.5) is 0 Å². The maximum Gasteiger partial charge on any atom is 1.00 e. The third-order valence-corrected chi connectivity index (χ3v) is 2.39. The van der Waals surface area contributed by atoms with Crippen molar-refractivity contribution in [1.29, 1.82) is 0 Å². The molecular weight excluding hydrogens is 115 g/mol. The van der Waals surface area contributed by atoms with Crippen LogP contribution in [0.1, 0.15) is 26.2 Å². The molecule has 0 saturated heterocycles. The summed E-state index contributed by atoms with van der Waals surface area (Å²) in [5, 5.41) is 0. The molecule has 1 heteroatoms. The molecule has 0 amide bonds. The van der Waals surface area contributed by atoms with Crippen molar-refractivity contribution in [3.63, 3.8) is 0 Å². The van der Waals surface area contributed by atoms with Gasteiger partial charge < -0.3 is 0 Å². The predicted octanol–water partition coefficient (Wildman–Crippen LogP) is -0.183. The van der Waals surface area contributed by atoms with Crippen LogP contribution in [0.2, 0.25) is 0 Å². The van der Waals surface area contributed by atoms with E-state index in [1.54, 1.807) is 0 Å². The van der Waals surface area contributed by atoms with Crippen LogP contribution in [-0.2, 0) is 0 Å². The van der Waals surface area contributed by atoms with E-state index in [1.807, 2.05) is 0 Å². The average Bonchev–Trinajstić information content (AvgIpc) is 2.13. The van der Waals surface area contributed by atoms with Gasteiger partial charge in [-0.05, 0) is 18.3 Å². The Morgan fingerprint density at radius 1 is 1.50 bits per heavy atom. The molecule has 1 saturated carbocycles. The van der Waals surface area contributed by atoms with Gasteiger partial charge in [0.25, 0.3) is 0 Å². The van der Waals surface area contributed by atoms with E-state index in [2.05, 4.69) is 20.4 Å². The molecule has 1 rings (SSSR count). The zero-order chi connectivity index (χ0) is 6.85. The van der Waals surface area contributed by atoms with Gasteiger partial charge in [0.2, 0.25) is 0 Å². The Bertz CT molecular complexity index is 118. The first-order chi connectivity index (χ1) is 4.22. The summed E-state index contributed by atoms with van der Waals surface area (Å²) in [6.07, 6.45) is 4.07.